The zero-order chi connectivity index (χ0) is 12.3. The van der Waals surface area contributed by atoms with Gasteiger partial charge in [-0.25, -0.2) is 0 Å². The van der Waals surface area contributed by atoms with E-state index in [-0.39, 0.29) is 17.7 Å². The predicted molar refractivity (Wildman–Crippen MR) is 54.1 cm³/mol. The molecule has 2 N–H and O–H groups in total. The Labute approximate surface area is 92.2 Å². The highest BCUT2D eigenvalue weighted by Crippen LogP contribution is 2.24. The van der Waals surface area contributed by atoms with E-state index in [0.29, 0.717) is 0 Å². The molecule has 0 amide bonds. The van der Waals surface area contributed by atoms with Crippen molar-refractivity contribution in [1.82, 2.24) is 0 Å². The van der Waals surface area contributed by atoms with E-state index in [1.807, 2.05) is 0 Å². The normalized spacial score (nSPS) is 11.1. The van der Waals surface area contributed by atoms with Crippen LogP contribution in [-0.2, 0) is 21.3 Å². The lowest BCUT2D eigenvalue weighted by molar-refractivity contribution is -0.136. The van der Waals surface area contributed by atoms with Gasteiger partial charge in [0.15, 0.2) is 0 Å². The summed E-state index contributed by atoms with van der Waals surface area (Å²) in [5.41, 5.74) is 0.265. The molecule has 6 nitrogen and oxygen atoms in total. The maximum atomic E-state index is 11.0. The summed E-state index contributed by atoms with van der Waals surface area (Å²) < 4.78 is 35.6. The van der Waals surface area contributed by atoms with E-state index in [1.165, 1.54) is 19.2 Å². The van der Waals surface area contributed by atoms with Crippen LogP contribution in [0.2, 0.25) is 0 Å². The monoisotopic (exact) mass is 246 g/mol. The Morgan fingerprint density at radius 3 is 2.50 bits per heavy atom. The van der Waals surface area contributed by atoms with Gasteiger partial charge < -0.3 is 9.84 Å². The van der Waals surface area contributed by atoms with Gasteiger partial charge in [0.2, 0.25) is 0 Å². The van der Waals surface area contributed by atoms with Gasteiger partial charge >= 0.3 is 5.97 Å². The van der Waals surface area contributed by atoms with E-state index in [0.717, 1.165) is 6.07 Å². The van der Waals surface area contributed by atoms with E-state index < -0.39 is 21.0 Å². The van der Waals surface area contributed by atoms with Crippen molar-refractivity contribution < 1.29 is 27.6 Å². The van der Waals surface area contributed by atoms with Gasteiger partial charge in [0.1, 0.15) is 10.6 Å². The molecule has 0 atom stereocenters. The Bertz CT molecular complexity index is 505. The summed E-state index contributed by atoms with van der Waals surface area (Å²) in [4.78, 5) is 10.0. The first-order valence-corrected chi connectivity index (χ1v) is 5.65. The number of ether oxygens (including phenoxy) is 1. The fourth-order valence-corrected chi connectivity index (χ4v) is 1.91. The second-order valence-corrected chi connectivity index (χ2v) is 4.42. The van der Waals surface area contributed by atoms with Crippen molar-refractivity contribution >= 4 is 16.1 Å². The van der Waals surface area contributed by atoms with Gasteiger partial charge in [-0.1, -0.05) is 6.07 Å². The predicted octanol–water partition coefficient (Wildman–Crippen LogP) is 0.569. The third kappa shape index (κ3) is 2.94. The highest BCUT2D eigenvalue weighted by Gasteiger charge is 2.17. The molecule has 0 bridgehead atoms. The number of carboxylic acids is 1. The Kier molecular flexibility index (Phi) is 3.51. The standard InChI is InChI=1S/C9H10O6S/c1-15-7-3-2-6(5-9(10)11)4-8(7)16(12,13)14/h2-4H,5H2,1H3,(H,10,11)(H,12,13,14). The highest BCUT2D eigenvalue weighted by molar-refractivity contribution is 7.86. The highest BCUT2D eigenvalue weighted by atomic mass is 32.2. The van der Waals surface area contributed by atoms with Gasteiger partial charge in [-0.3, -0.25) is 9.35 Å². The maximum Gasteiger partial charge on any atom is 0.307 e. The Morgan fingerprint density at radius 1 is 1.44 bits per heavy atom. The number of benzene rings is 1. The van der Waals surface area contributed by atoms with Gasteiger partial charge in [-0.15, -0.1) is 0 Å². The molecular weight excluding hydrogens is 236 g/mol. The van der Waals surface area contributed by atoms with Crippen molar-refractivity contribution in [3.63, 3.8) is 0 Å². The first-order chi connectivity index (χ1) is 7.34. The molecule has 1 rings (SSSR count). The zero-order valence-corrected chi connectivity index (χ0v) is 9.19. The van der Waals surface area contributed by atoms with Crippen molar-refractivity contribution in [3.8, 4) is 5.75 Å². The SMILES string of the molecule is COc1ccc(CC(=O)O)cc1S(=O)(=O)O. The van der Waals surface area contributed by atoms with Crippen molar-refractivity contribution in [2.75, 3.05) is 7.11 Å². The van der Waals surface area contributed by atoms with Crippen molar-refractivity contribution in [2.24, 2.45) is 0 Å². The minimum absolute atomic E-state index is 0.0309. The lowest BCUT2D eigenvalue weighted by atomic mass is 10.1. The molecule has 0 aromatic heterocycles. The largest absolute Gasteiger partial charge is 0.495 e. The summed E-state index contributed by atoms with van der Waals surface area (Å²) in [6.45, 7) is 0. The van der Waals surface area contributed by atoms with Crippen LogP contribution in [0.3, 0.4) is 0 Å². The molecular formula is C9H10O6S. The molecule has 7 heteroatoms. The molecule has 0 unspecified atom stereocenters. The minimum atomic E-state index is -4.42. The van der Waals surface area contributed by atoms with Crippen LogP contribution in [0.25, 0.3) is 0 Å². The summed E-state index contributed by atoms with van der Waals surface area (Å²) in [5, 5.41) is 8.54. The van der Waals surface area contributed by atoms with Gasteiger partial charge in [-0.2, -0.15) is 8.42 Å². The Hall–Kier alpha value is -1.60. The summed E-state index contributed by atoms with van der Waals surface area (Å²) in [6.07, 6.45) is -0.327. The first kappa shape index (κ1) is 12.5. The van der Waals surface area contributed by atoms with Crippen LogP contribution in [0.4, 0.5) is 0 Å². The van der Waals surface area contributed by atoms with Crippen LogP contribution in [-0.4, -0.2) is 31.2 Å². The summed E-state index contributed by atoms with van der Waals surface area (Å²) in [5.74, 6) is -1.12. The van der Waals surface area contributed by atoms with Crippen molar-refractivity contribution in [2.45, 2.75) is 11.3 Å². The van der Waals surface area contributed by atoms with Crippen LogP contribution in [0.15, 0.2) is 23.1 Å². The van der Waals surface area contributed by atoms with Crippen LogP contribution in [0.1, 0.15) is 5.56 Å². The number of hydrogen-bond acceptors (Lipinski definition) is 4. The van der Waals surface area contributed by atoms with E-state index in [4.69, 9.17) is 14.4 Å². The molecule has 16 heavy (non-hydrogen) atoms. The zero-order valence-electron chi connectivity index (χ0n) is 8.37. The Morgan fingerprint density at radius 2 is 2.06 bits per heavy atom. The molecule has 0 aliphatic carbocycles. The van der Waals surface area contributed by atoms with Crippen molar-refractivity contribution in [3.05, 3.63) is 23.8 Å². The number of carbonyl (C=O) groups is 1. The van der Waals surface area contributed by atoms with Gasteiger partial charge in [0.05, 0.1) is 13.5 Å². The lowest BCUT2D eigenvalue weighted by Gasteiger charge is -2.07. The second-order valence-electron chi connectivity index (χ2n) is 3.03. The maximum absolute atomic E-state index is 11.0. The van der Waals surface area contributed by atoms with Crippen LogP contribution in [0.5, 0.6) is 5.75 Å². The van der Waals surface area contributed by atoms with E-state index in [1.54, 1.807) is 0 Å². The quantitative estimate of drug-likeness (QED) is 0.753. The van der Waals surface area contributed by atoms with Crippen LogP contribution in [0, 0.1) is 0 Å². The lowest BCUT2D eigenvalue weighted by Crippen LogP contribution is -2.05. The molecule has 1 aromatic carbocycles. The molecule has 0 radical (unpaired) electrons. The molecule has 1 aromatic rings. The summed E-state index contributed by atoms with van der Waals surface area (Å²) in [6, 6.07) is 3.78. The fraction of sp³-hybridized carbons (Fsp3) is 0.222. The number of rotatable bonds is 4. The third-order valence-electron chi connectivity index (χ3n) is 1.86. The van der Waals surface area contributed by atoms with Gasteiger partial charge in [0.25, 0.3) is 10.1 Å². The van der Waals surface area contributed by atoms with Crippen LogP contribution >= 0.6 is 0 Å². The summed E-state index contributed by atoms with van der Waals surface area (Å²) >= 11 is 0. The van der Waals surface area contributed by atoms with Gasteiger partial charge in [0, 0.05) is 0 Å². The Balaban J connectivity index is 3.27. The topological polar surface area (TPSA) is 101 Å². The van der Waals surface area contributed by atoms with Crippen LogP contribution < -0.4 is 4.74 Å². The first-order valence-electron chi connectivity index (χ1n) is 4.21. The fourth-order valence-electron chi connectivity index (χ4n) is 1.21. The number of hydrogen-bond donors (Lipinski definition) is 2. The molecule has 0 aliphatic rings. The van der Waals surface area contributed by atoms with E-state index in [2.05, 4.69) is 0 Å². The molecule has 88 valence electrons. The average Bonchev–Trinajstić information content (AvgIpc) is 2.15. The molecule has 0 saturated carbocycles. The number of aliphatic carboxylic acids is 1. The number of methoxy groups -OCH3 is 1. The molecule has 0 aliphatic heterocycles. The molecule has 0 saturated heterocycles. The average molecular weight is 246 g/mol. The third-order valence-corrected chi connectivity index (χ3v) is 2.74. The summed E-state index contributed by atoms with van der Waals surface area (Å²) in [7, 11) is -3.17. The number of carboxylic acid groups (broad SMARTS) is 1. The van der Waals surface area contributed by atoms with E-state index >= 15 is 0 Å². The van der Waals surface area contributed by atoms with Crippen molar-refractivity contribution in [1.29, 1.82) is 0 Å². The molecule has 0 fully saturated rings. The van der Waals surface area contributed by atoms with Gasteiger partial charge in [-0.05, 0) is 17.7 Å². The molecule has 0 heterocycles. The minimum Gasteiger partial charge on any atom is -0.495 e. The van der Waals surface area contributed by atoms with E-state index in [9.17, 15) is 13.2 Å². The molecule has 0 spiro atoms. The second kappa shape index (κ2) is 4.50. The smallest absolute Gasteiger partial charge is 0.307 e.